The van der Waals surface area contributed by atoms with Crippen LogP contribution in [-0.4, -0.2) is 47.6 Å². The minimum Gasteiger partial charge on any atom is -0.450 e. The van der Waals surface area contributed by atoms with Gasteiger partial charge in [-0.3, -0.25) is 4.79 Å². The van der Waals surface area contributed by atoms with Crippen molar-refractivity contribution in [1.82, 2.24) is 15.2 Å². The van der Waals surface area contributed by atoms with E-state index in [1.165, 1.54) is 11.3 Å². The zero-order valence-electron chi connectivity index (χ0n) is 11.7. The van der Waals surface area contributed by atoms with E-state index in [0.29, 0.717) is 24.6 Å². The lowest BCUT2D eigenvalue weighted by atomic mass is 10.1. The number of nitrogens with one attached hydrogen (secondary N) is 1. The van der Waals surface area contributed by atoms with E-state index < -0.39 is 0 Å². The Kier molecular flexibility index (Phi) is 4.94. The minimum absolute atomic E-state index is 0.0785. The fourth-order valence-corrected chi connectivity index (χ4v) is 2.82. The molecule has 2 rings (SSSR count). The van der Waals surface area contributed by atoms with Crippen LogP contribution in [0.4, 0.5) is 4.79 Å². The monoisotopic (exact) mass is 297 g/mol. The number of aromatic nitrogens is 1. The van der Waals surface area contributed by atoms with Gasteiger partial charge < -0.3 is 15.0 Å². The van der Waals surface area contributed by atoms with E-state index in [0.717, 1.165) is 17.8 Å². The first-order valence-electron chi connectivity index (χ1n) is 6.75. The van der Waals surface area contributed by atoms with Gasteiger partial charge in [-0.1, -0.05) is 0 Å². The van der Waals surface area contributed by atoms with Crippen LogP contribution >= 0.6 is 11.3 Å². The first kappa shape index (κ1) is 14.8. The van der Waals surface area contributed by atoms with Gasteiger partial charge >= 0.3 is 6.09 Å². The van der Waals surface area contributed by atoms with Gasteiger partial charge in [-0.25, -0.2) is 9.78 Å². The van der Waals surface area contributed by atoms with Crippen molar-refractivity contribution in [3.05, 3.63) is 16.1 Å². The van der Waals surface area contributed by atoms with E-state index in [1.807, 2.05) is 6.92 Å². The Bertz CT molecular complexity index is 481. The Morgan fingerprint density at radius 3 is 2.75 bits per heavy atom. The van der Waals surface area contributed by atoms with Gasteiger partial charge in [-0.05, 0) is 26.7 Å². The highest BCUT2D eigenvalue weighted by Crippen LogP contribution is 2.15. The minimum atomic E-state index is -0.268. The first-order valence-corrected chi connectivity index (χ1v) is 7.56. The van der Waals surface area contributed by atoms with Gasteiger partial charge in [0, 0.05) is 19.1 Å². The molecule has 0 aromatic carbocycles. The van der Waals surface area contributed by atoms with Crippen LogP contribution in [0.5, 0.6) is 0 Å². The fraction of sp³-hybridized carbons (Fsp3) is 0.615. The molecule has 2 amide bonds. The topological polar surface area (TPSA) is 71.5 Å². The number of hydrogen-bond donors (Lipinski definition) is 1. The highest BCUT2D eigenvalue weighted by molar-refractivity contribution is 7.13. The Balaban J connectivity index is 1.80. The number of likely N-dealkylation sites (tertiary alicyclic amines) is 1. The van der Waals surface area contributed by atoms with Gasteiger partial charge in [0.15, 0.2) is 0 Å². The lowest BCUT2D eigenvalue weighted by molar-refractivity contribution is 0.0862. The van der Waals surface area contributed by atoms with Crippen LogP contribution in [-0.2, 0) is 4.74 Å². The van der Waals surface area contributed by atoms with Crippen molar-refractivity contribution >= 4 is 23.3 Å². The molecule has 0 aliphatic carbocycles. The molecule has 0 bridgehead atoms. The lowest BCUT2D eigenvalue weighted by Gasteiger charge is -2.31. The highest BCUT2D eigenvalue weighted by Gasteiger charge is 2.25. The third-order valence-electron chi connectivity index (χ3n) is 3.20. The average molecular weight is 297 g/mol. The third kappa shape index (κ3) is 3.69. The molecule has 6 nitrogen and oxygen atoms in total. The van der Waals surface area contributed by atoms with Crippen LogP contribution < -0.4 is 5.32 Å². The van der Waals surface area contributed by atoms with Crippen LogP contribution in [0.3, 0.4) is 0 Å². The maximum atomic E-state index is 12.0. The summed E-state index contributed by atoms with van der Waals surface area (Å²) in [6, 6.07) is 0.107. The van der Waals surface area contributed by atoms with Gasteiger partial charge in [-0.15, -0.1) is 11.3 Å². The zero-order valence-corrected chi connectivity index (χ0v) is 12.5. The number of piperidine rings is 1. The molecule has 0 unspecified atom stereocenters. The summed E-state index contributed by atoms with van der Waals surface area (Å²) in [5, 5.41) is 3.87. The van der Waals surface area contributed by atoms with Crippen molar-refractivity contribution in [1.29, 1.82) is 0 Å². The van der Waals surface area contributed by atoms with Crippen molar-refractivity contribution < 1.29 is 14.3 Å². The largest absolute Gasteiger partial charge is 0.450 e. The normalized spacial score (nSPS) is 16.0. The summed E-state index contributed by atoms with van der Waals surface area (Å²) in [7, 11) is 0. The molecule has 1 aromatic rings. The summed E-state index contributed by atoms with van der Waals surface area (Å²) in [5.74, 6) is -0.0785. The van der Waals surface area contributed by atoms with Gasteiger partial charge in [0.2, 0.25) is 0 Å². The van der Waals surface area contributed by atoms with Crippen molar-refractivity contribution in [3.63, 3.8) is 0 Å². The molecule has 1 N–H and O–H groups in total. The van der Waals surface area contributed by atoms with Gasteiger partial charge in [0.25, 0.3) is 5.91 Å². The van der Waals surface area contributed by atoms with Crippen molar-refractivity contribution in [2.45, 2.75) is 32.7 Å². The summed E-state index contributed by atoms with van der Waals surface area (Å²) < 4.78 is 4.96. The van der Waals surface area contributed by atoms with Crippen LogP contribution in [0.25, 0.3) is 0 Å². The molecule has 7 heteroatoms. The number of ether oxygens (including phenoxy) is 1. The second-order valence-electron chi connectivity index (χ2n) is 4.68. The Morgan fingerprint density at radius 1 is 1.50 bits per heavy atom. The Hall–Kier alpha value is -1.63. The maximum absolute atomic E-state index is 12.0. The molecule has 1 saturated heterocycles. The van der Waals surface area contributed by atoms with Crippen molar-refractivity contribution in [2.75, 3.05) is 19.7 Å². The molecule has 0 spiro atoms. The number of carbonyl (C=O) groups excluding carboxylic acids is 2. The fourth-order valence-electron chi connectivity index (χ4n) is 2.14. The molecule has 1 aromatic heterocycles. The summed E-state index contributed by atoms with van der Waals surface area (Å²) in [4.78, 5) is 30.0. The number of rotatable bonds is 3. The molecular weight excluding hydrogens is 278 g/mol. The number of carbonyl (C=O) groups is 2. The molecule has 1 aliphatic heterocycles. The summed E-state index contributed by atoms with van der Waals surface area (Å²) in [6.45, 7) is 5.29. The van der Waals surface area contributed by atoms with E-state index in [2.05, 4.69) is 10.3 Å². The van der Waals surface area contributed by atoms with Crippen molar-refractivity contribution in [3.8, 4) is 0 Å². The summed E-state index contributed by atoms with van der Waals surface area (Å²) in [5.41, 5.74) is 0. The van der Waals surface area contributed by atoms with Crippen LogP contribution in [0.2, 0.25) is 0 Å². The van der Waals surface area contributed by atoms with E-state index in [4.69, 9.17) is 4.74 Å². The van der Waals surface area contributed by atoms with E-state index in [9.17, 15) is 9.59 Å². The molecule has 1 aliphatic rings. The molecule has 0 saturated carbocycles. The number of hydrogen-bond acceptors (Lipinski definition) is 5. The van der Waals surface area contributed by atoms with E-state index in [-0.39, 0.29) is 18.0 Å². The van der Waals surface area contributed by atoms with Gasteiger partial charge in [0.1, 0.15) is 4.88 Å². The van der Waals surface area contributed by atoms with E-state index >= 15 is 0 Å². The molecule has 110 valence electrons. The first-order chi connectivity index (χ1) is 9.60. The van der Waals surface area contributed by atoms with Gasteiger partial charge in [-0.2, -0.15) is 0 Å². The smallest absolute Gasteiger partial charge is 0.409 e. The van der Waals surface area contributed by atoms with E-state index in [1.54, 1.807) is 18.0 Å². The molecule has 2 heterocycles. The number of thiazole rings is 1. The third-order valence-corrected chi connectivity index (χ3v) is 4.11. The highest BCUT2D eigenvalue weighted by atomic mass is 32.1. The summed E-state index contributed by atoms with van der Waals surface area (Å²) >= 11 is 1.39. The second-order valence-corrected chi connectivity index (χ2v) is 5.91. The number of nitrogens with zero attached hydrogens (tertiary/aromatic N) is 2. The number of aryl methyl sites for hydroxylation is 1. The lowest BCUT2D eigenvalue weighted by Crippen LogP contribution is -2.46. The Morgan fingerprint density at radius 2 is 2.20 bits per heavy atom. The maximum Gasteiger partial charge on any atom is 0.409 e. The molecule has 0 atom stereocenters. The predicted molar refractivity (Wildman–Crippen MR) is 75.9 cm³/mol. The van der Waals surface area contributed by atoms with Crippen molar-refractivity contribution in [2.24, 2.45) is 0 Å². The quantitative estimate of drug-likeness (QED) is 0.923. The molecule has 0 radical (unpaired) electrons. The predicted octanol–water partition coefficient (Wildman–Crippen LogP) is 1.80. The Labute approximate surface area is 122 Å². The average Bonchev–Trinajstić information content (AvgIpc) is 2.86. The number of amides is 2. The second kappa shape index (κ2) is 6.69. The SMILES string of the molecule is CCOC(=O)N1CCC(NC(=O)c2cnc(C)s2)CC1. The van der Waals surface area contributed by atoms with Gasteiger partial charge in [0.05, 0.1) is 17.8 Å². The molecule has 1 fully saturated rings. The zero-order chi connectivity index (χ0) is 14.5. The standard InChI is InChI=1S/C13H19N3O3S/c1-3-19-13(18)16-6-4-10(5-7-16)15-12(17)11-8-14-9(2)20-11/h8,10H,3-7H2,1-2H3,(H,15,17). The molecule has 20 heavy (non-hydrogen) atoms. The van der Waals surface area contributed by atoms with Crippen LogP contribution in [0, 0.1) is 6.92 Å². The summed E-state index contributed by atoms with van der Waals surface area (Å²) in [6.07, 6.45) is 2.84. The van der Waals surface area contributed by atoms with Crippen LogP contribution in [0.1, 0.15) is 34.4 Å². The molecular formula is C13H19N3O3S. The van der Waals surface area contributed by atoms with Crippen LogP contribution in [0.15, 0.2) is 6.20 Å².